The zero-order valence-electron chi connectivity index (χ0n) is 22.2. The molecule has 2 aromatic rings. The van der Waals surface area contributed by atoms with Gasteiger partial charge in [0, 0.05) is 11.1 Å². The molecule has 2 aromatic carbocycles. The summed E-state index contributed by atoms with van der Waals surface area (Å²) in [7, 11) is 0. The van der Waals surface area contributed by atoms with Gasteiger partial charge in [0.1, 0.15) is 5.75 Å². The van der Waals surface area contributed by atoms with Crippen LogP contribution in [0.25, 0.3) is 11.1 Å². The molecule has 3 rings (SSSR count). The Labute approximate surface area is 217 Å². The van der Waals surface area contributed by atoms with Gasteiger partial charge >= 0.3 is 6.16 Å². The topological polar surface area (TPSA) is 65.0 Å². The number of rotatable bonds is 17. The molecular weight excluding hydrogens is 452 g/mol. The summed E-state index contributed by atoms with van der Waals surface area (Å²) in [5.74, 6) is 0.737. The molecule has 0 spiro atoms. The standard InChI is InChI=1S/C31H44O5/c1-3-5-6-7-8-9-10-11-12-16-22-34-28-23-26(20-21-27(28)25-18-14-13-15-19-25)31(24-32)29(17-4-2)35-30(33)36-31/h13-15,18-21,23,29,32H,3-12,16-17,22,24H2,1-2H3. The van der Waals surface area contributed by atoms with E-state index < -0.39 is 17.9 Å². The number of aliphatic hydroxyl groups excluding tert-OH is 1. The number of carbonyl (C=O) groups is 1. The van der Waals surface area contributed by atoms with Gasteiger partial charge in [0.25, 0.3) is 0 Å². The predicted octanol–water partition coefficient (Wildman–Crippen LogP) is 8.18. The third-order valence-corrected chi connectivity index (χ3v) is 7.12. The Morgan fingerprint density at radius 1 is 0.861 bits per heavy atom. The first-order chi connectivity index (χ1) is 17.6. The predicted molar refractivity (Wildman–Crippen MR) is 144 cm³/mol. The van der Waals surface area contributed by atoms with Crippen LogP contribution in [0.15, 0.2) is 48.5 Å². The molecule has 5 nitrogen and oxygen atoms in total. The molecule has 1 aliphatic heterocycles. The highest BCUT2D eigenvalue weighted by atomic mass is 16.8. The summed E-state index contributed by atoms with van der Waals surface area (Å²) in [6.45, 7) is 4.56. The smallest absolute Gasteiger partial charge is 0.493 e. The van der Waals surface area contributed by atoms with Crippen molar-refractivity contribution in [1.29, 1.82) is 0 Å². The molecular formula is C31H44O5. The Hall–Kier alpha value is -2.53. The van der Waals surface area contributed by atoms with Crippen molar-refractivity contribution in [2.24, 2.45) is 0 Å². The van der Waals surface area contributed by atoms with Gasteiger partial charge in [-0.1, -0.05) is 121 Å². The van der Waals surface area contributed by atoms with Gasteiger partial charge in [0.2, 0.25) is 5.60 Å². The maximum absolute atomic E-state index is 12.0. The van der Waals surface area contributed by atoms with Gasteiger partial charge < -0.3 is 19.3 Å². The Kier molecular flexibility index (Phi) is 11.6. The molecule has 0 amide bonds. The lowest BCUT2D eigenvalue weighted by Gasteiger charge is -2.30. The number of cyclic esters (lactones) is 2. The second-order valence-electron chi connectivity index (χ2n) is 9.90. The molecule has 5 heteroatoms. The van der Waals surface area contributed by atoms with Crippen LogP contribution in [0.1, 0.15) is 96.5 Å². The first kappa shape index (κ1) is 28.0. The maximum Gasteiger partial charge on any atom is 0.509 e. The van der Waals surface area contributed by atoms with Gasteiger partial charge in [-0.25, -0.2) is 4.79 Å². The molecule has 2 atom stereocenters. The van der Waals surface area contributed by atoms with Crippen molar-refractivity contribution < 1.29 is 24.1 Å². The summed E-state index contributed by atoms with van der Waals surface area (Å²) in [6.07, 6.45) is 12.9. The van der Waals surface area contributed by atoms with E-state index in [4.69, 9.17) is 14.2 Å². The fraction of sp³-hybridized carbons (Fsp3) is 0.581. The Morgan fingerprint density at radius 3 is 2.17 bits per heavy atom. The third-order valence-electron chi connectivity index (χ3n) is 7.12. The fourth-order valence-corrected chi connectivity index (χ4v) is 5.01. The molecule has 2 unspecified atom stereocenters. The minimum Gasteiger partial charge on any atom is -0.493 e. The minimum absolute atomic E-state index is 0.341. The second kappa shape index (κ2) is 14.9. The second-order valence-corrected chi connectivity index (χ2v) is 9.90. The van der Waals surface area contributed by atoms with Gasteiger partial charge in [-0.2, -0.15) is 0 Å². The molecule has 1 saturated heterocycles. The Bertz CT molecular complexity index is 912. The highest BCUT2D eigenvalue weighted by Gasteiger charge is 2.52. The quantitative estimate of drug-likeness (QED) is 0.177. The zero-order valence-corrected chi connectivity index (χ0v) is 22.2. The van der Waals surface area contributed by atoms with Crippen LogP contribution in [0.5, 0.6) is 5.75 Å². The zero-order chi connectivity index (χ0) is 25.6. The summed E-state index contributed by atoms with van der Waals surface area (Å²) in [6, 6.07) is 15.9. The largest absolute Gasteiger partial charge is 0.509 e. The van der Waals surface area contributed by atoms with Crippen LogP contribution in [0.2, 0.25) is 0 Å². The first-order valence-corrected chi connectivity index (χ1v) is 14.0. The van der Waals surface area contributed by atoms with Gasteiger partial charge in [0.05, 0.1) is 13.2 Å². The lowest BCUT2D eigenvalue weighted by molar-refractivity contribution is -0.0288. The molecule has 0 bridgehead atoms. The average molecular weight is 497 g/mol. The number of ether oxygens (including phenoxy) is 3. The third kappa shape index (κ3) is 7.49. The van der Waals surface area contributed by atoms with Gasteiger partial charge in [-0.3, -0.25) is 0 Å². The summed E-state index contributed by atoms with van der Waals surface area (Å²) >= 11 is 0. The number of hydrogen-bond donors (Lipinski definition) is 1. The lowest BCUT2D eigenvalue weighted by atomic mass is 9.85. The molecule has 0 aromatic heterocycles. The van der Waals surface area contributed by atoms with Crippen molar-refractivity contribution in [1.82, 2.24) is 0 Å². The highest BCUT2D eigenvalue weighted by Crippen LogP contribution is 2.42. The van der Waals surface area contributed by atoms with E-state index in [0.717, 1.165) is 36.1 Å². The monoisotopic (exact) mass is 496 g/mol. The minimum atomic E-state index is -1.21. The molecule has 36 heavy (non-hydrogen) atoms. The van der Waals surface area contributed by atoms with E-state index >= 15 is 0 Å². The normalized spacial score (nSPS) is 19.2. The summed E-state index contributed by atoms with van der Waals surface area (Å²) in [4.78, 5) is 12.0. The SMILES string of the molecule is CCCCCCCCCCCCOc1cc(C2(CO)OC(=O)OC2CCC)ccc1-c1ccccc1. The van der Waals surface area contributed by atoms with Crippen LogP contribution in [-0.2, 0) is 15.1 Å². The van der Waals surface area contributed by atoms with E-state index in [1.54, 1.807) is 0 Å². The highest BCUT2D eigenvalue weighted by molar-refractivity contribution is 5.72. The van der Waals surface area contributed by atoms with Crippen molar-refractivity contribution in [3.8, 4) is 16.9 Å². The van der Waals surface area contributed by atoms with E-state index in [-0.39, 0.29) is 6.61 Å². The first-order valence-electron chi connectivity index (χ1n) is 14.0. The van der Waals surface area contributed by atoms with Crippen LogP contribution >= 0.6 is 0 Å². The fourth-order valence-electron chi connectivity index (χ4n) is 5.01. The van der Waals surface area contributed by atoms with Crippen LogP contribution in [-0.4, -0.2) is 30.6 Å². The Morgan fingerprint density at radius 2 is 1.53 bits per heavy atom. The van der Waals surface area contributed by atoms with Gasteiger partial charge in [-0.05, 0) is 24.5 Å². The van der Waals surface area contributed by atoms with E-state index in [0.29, 0.717) is 18.6 Å². The van der Waals surface area contributed by atoms with Crippen LogP contribution in [0.4, 0.5) is 4.79 Å². The van der Waals surface area contributed by atoms with Crippen LogP contribution in [0, 0.1) is 0 Å². The average Bonchev–Trinajstić information content (AvgIpc) is 3.23. The summed E-state index contributed by atoms with van der Waals surface area (Å²) in [5.41, 5.74) is 1.53. The van der Waals surface area contributed by atoms with E-state index in [2.05, 4.69) is 19.1 Å². The van der Waals surface area contributed by atoms with Crippen LogP contribution in [0.3, 0.4) is 0 Å². The van der Waals surface area contributed by atoms with Crippen molar-refractivity contribution >= 4 is 6.16 Å². The number of aliphatic hydroxyl groups is 1. The maximum atomic E-state index is 12.0. The summed E-state index contributed by atoms with van der Waals surface area (Å²) < 4.78 is 17.3. The van der Waals surface area contributed by atoms with Gasteiger partial charge in [0.15, 0.2) is 6.10 Å². The molecule has 1 heterocycles. The molecule has 0 aliphatic carbocycles. The molecule has 1 N–H and O–H groups in total. The lowest BCUT2D eigenvalue weighted by Crippen LogP contribution is -2.40. The van der Waals surface area contributed by atoms with Crippen molar-refractivity contribution in [2.75, 3.05) is 13.2 Å². The van der Waals surface area contributed by atoms with Crippen molar-refractivity contribution in [2.45, 2.75) is 103 Å². The van der Waals surface area contributed by atoms with Crippen molar-refractivity contribution in [3.63, 3.8) is 0 Å². The van der Waals surface area contributed by atoms with E-state index in [1.165, 1.54) is 51.4 Å². The molecule has 0 saturated carbocycles. The Balaban J connectivity index is 1.65. The van der Waals surface area contributed by atoms with E-state index in [9.17, 15) is 9.90 Å². The van der Waals surface area contributed by atoms with Crippen molar-refractivity contribution in [3.05, 3.63) is 54.1 Å². The number of benzene rings is 2. The number of hydrogen-bond acceptors (Lipinski definition) is 5. The number of carbonyl (C=O) groups excluding carboxylic acids is 1. The molecule has 0 radical (unpaired) electrons. The molecule has 198 valence electrons. The molecule has 1 fully saturated rings. The molecule has 1 aliphatic rings. The number of unbranched alkanes of at least 4 members (excludes halogenated alkanes) is 9. The van der Waals surface area contributed by atoms with E-state index in [1.807, 2.05) is 43.3 Å². The van der Waals surface area contributed by atoms with Gasteiger partial charge in [-0.15, -0.1) is 0 Å². The van der Waals surface area contributed by atoms with Crippen LogP contribution < -0.4 is 4.74 Å². The summed E-state index contributed by atoms with van der Waals surface area (Å²) in [5, 5.41) is 10.3.